The van der Waals surface area contributed by atoms with Crippen LogP contribution in [0.15, 0.2) is 42.7 Å². The molecular formula is C18H18ClN5O. The van der Waals surface area contributed by atoms with E-state index < -0.39 is 0 Å². The Morgan fingerprint density at radius 3 is 2.48 bits per heavy atom. The second-order valence-electron chi connectivity index (χ2n) is 5.47. The van der Waals surface area contributed by atoms with Gasteiger partial charge in [-0.15, -0.1) is 0 Å². The van der Waals surface area contributed by atoms with E-state index in [1.54, 1.807) is 18.5 Å². The first-order chi connectivity index (χ1) is 12.1. The zero-order valence-electron chi connectivity index (χ0n) is 14.0. The molecule has 1 aromatic carbocycles. The Bertz CT molecular complexity index is 840. The van der Waals surface area contributed by atoms with Crippen LogP contribution < -0.4 is 10.1 Å². The third-order valence-corrected chi connectivity index (χ3v) is 3.96. The molecule has 0 aliphatic heterocycles. The second-order valence-corrected chi connectivity index (χ2v) is 5.85. The van der Waals surface area contributed by atoms with Crippen molar-refractivity contribution in [3.63, 3.8) is 0 Å². The molecule has 0 fully saturated rings. The second kappa shape index (κ2) is 7.90. The van der Waals surface area contributed by atoms with Crippen LogP contribution in [0.3, 0.4) is 0 Å². The molecule has 0 atom stereocenters. The van der Waals surface area contributed by atoms with E-state index in [1.165, 1.54) is 5.56 Å². The van der Waals surface area contributed by atoms with E-state index in [1.807, 2.05) is 38.1 Å². The Labute approximate surface area is 151 Å². The van der Waals surface area contributed by atoms with Gasteiger partial charge < -0.3 is 10.1 Å². The minimum absolute atomic E-state index is 0.334. The number of aryl methyl sites for hydroxylation is 2. The summed E-state index contributed by atoms with van der Waals surface area (Å²) in [6, 6.07) is 9.90. The predicted molar refractivity (Wildman–Crippen MR) is 97.3 cm³/mol. The average Bonchev–Trinajstić information content (AvgIpc) is 2.61. The van der Waals surface area contributed by atoms with E-state index in [2.05, 4.69) is 25.3 Å². The fourth-order valence-electron chi connectivity index (χ4n) is 2.31. The first-order valence-electron chi connectivity index (χ1n) is 7.90. The van der Waals surface area contributed by atoms with Gasteiger partial charge in [-0.05, 0) is 44.0 Å². The summed E-state index contributed by atoms with van der Waals surface area (Å²) in [4.78, 5) is 16.6. The number of hydrogen-bond donors (Lipinski definition) is 1. The van der Waals surface area contributed by atoms with Gasteiger partial charge in [0.05, 0.1) is 5.69 Å². The third kappa shape index (κ3) is 4.64. The molecule has 3 rings (SSSR count). The number of halogens is 1. The number of aromatic nitrogens is 4. The molecule has 6 nitrogen and oxygen atoms in total. The molecule has 128 valence electrons. The van der Waals surface area contributed by atoms with Crippen LogP contribution in [0.4, 0.5) is 5.82 Å². The Hall–Kier alpha value is -2.73. The highest BCUT2D eigenvalue weighted by Gasteiger charge is 2.07. The third-order valence-electron chi connectivity index (χ3n) is 3.51. The maximum atomic E-state index is 6.23. The summed E-state index contributed by atoms with van der Waals surface area (Å²) in [5, 5.41) is 3.83. The highest BCUT2D eigenvalue weighted by atomic mass is 35.5. The molecular weight excluding hydrogens is 338 g/mol. The molecule has 2 heterocycles. The van der Waals surface area contributed by atoms with Gasteiger partial charge in [-0.2, -0.15) is 0 Å². The molecule has 0 bridgehead atoms. The molecule has 0 saturated carbocycles. The molecule has 0 unspecified atom stereocenters. The van der Waals surface area contributed by atoms with Crippen molar-refractivity contribution in [3.8, 4) is 11.8 Å². The van der Waals surface area contributed by atoms with Crippen LogP contribution >= 0.6 is 11.6 Å². The molecule has 3 aromatic rings. The minimum Gasteiger partial charge on any atom is -0.424 e. The summed E-state index contributed by atoms with van der Waals surface area (Å²) in [6.07, 6.45) is 4.12. The Morgan fingerprint density at radius 2 is 1.76 bits per heavy atom. The molecule has 0 radical (unpaired) electrons. The molecule has 25 heavy (non-hydrogen) atoms. The highest BCUT2D eigenvalue weighted by molar-refractivity contribution is 6.33. The van der Waals surface area contributed by atoms with Crippen LogP contribution in [-0.4, -0.2) is 26.5 Å². The molecule has 0 aliphatic carbocycles. The van der Waals surface area contributed by atoms with E-state index in [0.29, 0.717) is 28.4 Å². The number of nitrogens with zero attached hydrogens (tertiary/aromatic N) is 4. The number of rotatable bonds is 6. The maximum absolute atomic E-state index is 6.23. The number of hydrogen-bond acceptors (Lipinski definition) is 6. The van der Waals surface area contributed by atoms with Gasteiger partial charge in [0.1, 0.15) is 22.4 Å². The summed E-state index contributed by atoms with van der Waals surface area (Å²) in [5.74, 6) is 2.08. The van der Waals surface area contributed by atoms with E-state index in [4.69, 9.17) is 16.3 Å². The summed E-state index contributed by atoms with van der Waals surface area (Å²) in [7, 11) is 0. The minimum atomic E-state index is 0.334. The first-order valence-corrected chi connectivity index (χ1v) is 8.28. The molecule has 0 amide bonds. The number of anilines is 1. The number of benzene rings is 1. The first kappa shape index (κ1) is 17.1. The van der Waals surface area contributed by atoms with Gasteiger partial charge in [-0.3, -0.25) is 0 Å². The topological polar surface area (TPSA) is 72.8 Å². The van der Waals surface area contributed by atoms with E-state index >= 15 is 0 Å². The van der Waals surface area contributed by atoms with Crippen LogP contribution in [0.1, 0.15) is 17.1 Å². The van der Waals surface area contributed by atoms with Crippen LogP contribution in [-0.2, 0) is 6.42 Å². The number of nitrogens with one attached hydrogen (secondary N) is 1. The zero-order valence-corrected chi connectivity index (χ0v) is 14.8. The van der Waals surface area contributed by atoms with Crippen molar-refractivity contribution in [1.82, 2.24) is 19.9 Å². The average molecular weight is 356 g/mol. The van der Waals surface area contributed by atoms with Crippen LogP contribution in [0.5, 0.6) is 11.8 Å². The van der Waals surface area contributed by atoms with Crippen LogP contribution in [0, 0.1) is 13.8 Å². The summed E-state index contributed by atoms with van der Waals surface area (Å²) < 4.78 is 5.58. The molecule has 0 aliphatic rings. The largest absolute Gasteiger partial charge is 0.424 e. The lowest BCUT2D eigenvalue weighted by atomic mass is 10.1. The van der Waals surface area contributed by atoms with E-state index in [0.717, 1.165) is 18.7 Å². The van der Waals surface area contributed by atoms with Gasteiger partial charge in [0.2, 0.25) is 0 Å². The molecule has 1 N–H and O–H groups in total. The van der Waals surface area contributed by atoms with E-state index in [-0.39, 0.29) is 0 Å². The molecule has 7 heteroatoms. The lowest BCUT2D eigenvalue weighted by Gasteiger charge is -2.10. The van der Waals surface area contributed by atoms with Crippen LogP contribution in [0.2, 0.25) is 5.02 Å². The highest BCUT2D eigenvalue weighted by Crippen LogP contribution is 2.22. The summed E-state index contributed by atoms with van der Waals surface area (Å²) in [6.45, 7) is 4.44. The van der Waals surface area contributed by atoms with Gasteiger partial charge in [-0.1, -0.05) is 23.7 Å². The zero-order chi connectivity index (χ0) is 17.6. The lowest BCUT2D eigenvalue weighted by Crippen LogP contribution is -2.09. The maximum Gasteiger partial charge on any atom is 0.321 e. The van der Waals surface area contributed by atoms with E-state index in [9.17, 15) is 0 Å². The van der Waals surface area contributed by atoms with Gasteiger partial charge in [0.15, 0.2) is 0 Å². The van der Waals surface area contributed by atoms with Crippen molar-refractivity contribution >= 4 is 17.4 Å². The standard InChI is InChI=1S/C18H18ClN5O/c1-12-16(19)17(24-13(2)23-12)20-11-8-14-4-6-15(7-5-14)25-18-21-9-3-10-22-18/h3-7,9-10H,8,11H2,1-2H3,(H,20,23,24). The fraction of sp³-hybridized carbons (Fsp3) is 0.222. The molecule has 2 aromatic heterocycles. The Kier molecular flexibility index (Phi) is 5.40. The monoisotopic (exact) mass is 355 g/mol. The van der Waals surface area contributed by atoms with Gasteiger partial charge in [-0.25, -0.2) is 19.9 Å². The Morgan fingerprint density at radius 1 is 1.04 bits per heavy atom. The smallest absolute Gasteiger partial charge is 0.321 e. The summed E-state index contributed by atoms with van der Waals surface area (Å²) in [5.41, 5.74) is 1.95. The molecule has 0 saturated heterocycles. The molecule has 0 spiro atoms. The Balaban J connectivity index is 1.56. The lowest BCUT2D eigenvalue weighted by molar-refractivity contribution is 0.441. The van der Waals surface area contributed by atoms with Gasteiger partial charge in [0, 0.05) is 18.9 Å². The van der Waals surface area contributed by atoms with Crippen molar-refractivity contribution in [2.24, 2.45) is 0 Å². The van der Waals surface area contributed by atoms with Crippen molar-refractivity contribution < 1.29 is 4.74 Å². The van der Waals surface area contributed by atoms with Crippen molar-refractivity contribution in [2.75, 3.05) is 11.9 Å². The van der Waals surface area contributed by atoms with Crippen LogP contribution in [0.25, 0.3) is 0 Å². The SMILES string of the molecule is Cc1nc(C)c(Cl)c(NCCc2ccc(Oc3ncccn3)cc2)n1. The van der Waals surface area contributed by atoms with Gasteiger partial charge >= 0.3 is 6.01 Å². The number of ether oxygens (including phenoxy) is 1. The quantitative estimate of drug-likeness (QED) is 0.721. The predicted octanol–water partition coefficient (Wildman–Crippen LogP) is 3.98. The van der Waals surface area contributed by atoms with Crippen molar-refractivity contribution in [3.05, 3.63) is 64.8 Å². The normalized spacial score (nSPS) is 10.5. The van der Waals surface area contributed by atoms with Gasteiger partial charge in [0.25, 0.3) is 0 Å². The summed E-state index contributed by atoms with van der Waals surface area (Å²) >= 11 is 6.23. The van der Waals surface area contributed by atoms with Crippen molar-refractivity contribution in [1.29, 1.82) is 0 Å². The van der Waals surface area contributed by atoms with Crippen molar-refractivity contribution in [2.45, 2.75) is 20.3 Å². The fourth-order valence-corrected chi connectivity index (χ4v) is 2.46.